The lowest BCUT2D eigenvalue weighted by Gasteiger charge is -2.33. The van der Waals surface area contributed by atoms with Crippen LogP contribution in [0.25, 0.3) is 10.2 Å². The van der Waals surface area contributed by atoms with Crippen molar-refractivity contribution in [1.82, 2.24) is 14.8 Å². The van der Waals surface area contributed by atoms with Gasteiger partial charge in [0.15, 0.2) is 10.9 Å². The van der Waals surface area contributed by atoms with E-state index in [0.717, 1.165) is 10.2 Å². The van der Waals surface area contributed by atoms with Gasteiger partial charge >= 0.3 is 0 Å². The molecule has 3 heterocycles. The Balaban J connectivity index is 1.29. The van der Waals surface area contributed by atoms with Crippen LogP contribution in [-0.2, 0) is 4.79 Å². The summed E-state index contributed by atoms with van der Waals surface area (Å²) >= 11 is 1.48. The van der Waals surface area contributed by atoms with Crippen molar-refractivity contribution in [3.63, 3.8) is 0 Å². The summed E-state index contributed by atoms with van der Waals surface area (Å²) in [6, 6.07) is 9.42. The summed E-state index contributed by atoms with van der Waals surface area (Å²) < 4.78 is 6.23. The van der Waals surface area contributed by atoms with Crippen molar-refractivity contribution in [1.29, 1.82) is 0 Å². The number of thiazole rings is 1. The Kier molecular flexibility index (Phi) is 4.91. The number of aryl methyl sites for hydroxylation is 1. The summed E-state index contributed by atoms with van der Waals surface area (Å²) in [5.41, 5.74) is 2.07. The molecule has 4 rings (SSSR count). The topological polar surface area (TPSA) is 78.7 Å². The van der Waals surface area contributed by atoms with Gasteiger partial charge < -0.3 is 14.6 Å². The monoisotopic (exact) mass is 384 g/mol. The maximum absolute atomic E-state index is 12.3. The summed E-state index contributed by atoms with van der Waals surface area (Å²) in [6.45, 7) is 4.78. The summed E-state index contributed by atoms with van der Waals surface area (Å²) in [5.74, 6) is 0.165. The molecule has 1 fully saturated rings. The van der Waals surface area contributed by atoms with Gasteiger partial charge in [0.25, 0.3) is 5.91 Å². The van der Waals surface area contributed by atoms with Crippen LogP contribution < -0.4 is 5.32 Å². The summed E-state index contributed by atoms with van der Waals surface area (Å²) in [7, 11) is 0. The van der Waals surface area contributed by atoms with Crippen LogP contribution in [0, 0.1) is 6.92 Å². The number of benzene rings is 1. The molecule has 1 saturated heterocycles. The molecule has 3 aromatic rings. The molecule has 0 spiro atoms. The van der Waals surface area contributed by atoms with E-state index in [9.17, 15) is 9.59 Å². The number of nitrogens with one attached hydrogen (secondary N) is 1. The highest BCUT2D eigenvalue weighted by Crippen LogP contribution is 2.26. The van der Waals surface area contributed by atoms with Gasteiger partial charge in [-0.3, -0.25) is 14.5 Å². The van der Waals surface area contributed by atoms with Gasteiger partial charge in [-0.25, -0.2) is 4.98 Å². The third-order valence-corrected chi connectivity index (χ3v) is 5.48. The molecular weight excluding hydrogens is 364 g/mol. The zero-order valence-corrected chi connectivity index (χ0v) is 15.8. The van der Waals surface area contributed by atoms with Crippen molar-refractivity contribution in [2.45, 2.75) is 6.92 Å². The minimum absolute atomic E-state index is 0.0865. The van der Waals surface area contributed by atoms with Gasteiger partial charge in [-0.05, 0) is 36.8 Å². The number of anilines is 1. The van der Waals surface area contributed by atoms with E-state index in [-0.39, 0.29) is 18.4 Å². The van der Waals surface area contributed by atoms with Gasteiger partial charge in [0.1, 0.15) is 0 Å². The molecule has 27 heavy (non-hydrogen) atoms. The lowest BCUT2D eigenvalue weighted by Crippen LogP contribution is -2.50. The zero-order valence-electron chi connectivity index (χ0n) is 15.0. The normalized spacial score (nSPS) is 15.2. The van der Waals surface area contributed by atoms with Gasteiger partial charge in [0.2, 0.25) is 5.91 Å². The number of amides is 2. The number of aromatic nitrogens is 1. The van der Waals surface area contributed by atoms with E-state index in [1.807, 2.05) is 24.0 Å². The Morgan fingerprint density at radius 2 is 2.04 bits per heavy atom. The Hall–Kier alpha value is -2.71. The quantitative estimate of drug-likeness (QED) is 0.748. The van der Waals surface area contributed by atoms with Crippen LogP contribution in [0.4, 0.5) is 5.13 Å². The summed E-state index contributed by atoms with van der Waals surface area (Å²) in [4.78, 5) is 32.9. The molecule has 1 aliphatic rings. The molecule has 7 nitrogen and oxygen atoms in total. The Bertz CT molecular complexity index is 959. The Labute approximate surface area is 160 Å². The van der Waals surface area contributed by atoms with Crippen molar-refractivity contribution in [3.05, 3.63) is 47.9 Å². The predicted molar refractivity (Wildman–Crippen MR) is 104 cm³/mol. The van der Waals surface area contributed by atoms with E-state index < -0.39 is 0 Å². The standard InChI is InChI=1S/C19H20N4O3S/c1-13-4-5-14-16(11-13)27-19(20-14)21-17(24)12-22-6-8-23(9-7-22)18(25)15-3-2-10-26-15/h2-5,10-11H,6-9,12H2,1H3,(H,20,21,24). The fourth-order valence-corrected chi connectivity index (χ4v) is 4.09. The van der Waals surface area contributed by atoms with Crippen molar-refractivity contribution < 1.29 is 14.0 Å². The number of nitrogens with zero attached hydrogens (tertiary/aromatic N) is 3. The van der Waals surface area contributed by atoms with Crippen molar-refractivity contribution in [2.24, 2.45) is 0 Å². The number of hydrogen-bond acceptors (Lipinski definition) is 6. The second kappa shape index (κ2) is 7.50. The van der Waals surface area contributed by atoms with Crippen LogP contribution in [0.2, 0.25) is 0 Å². The SMILES string of the molecule is Cc1ccc2nc(NC(=O)CN3CCN(C(=O)c4ccco4)CC3)sc2c1. The van der Waals surface area contributed by atoms with E-state index in [1.165, 1.54) is 23.2 Å². The van der Waals surface area contributed by atoms with Gasteiger partial charge in [0.05, 0.1) is 23.0 Å². The van der Waals surface area contributed by atoms with Crippen LogP contribution in [0.15, 0.2) is 41.0 Å². The molecule has 1 aliphatic heterocycles. The van der Waals surface area contributed by atoms with E-state index in [0.29, 0.717) is 37.1 Å². The van der Waals surface area contributed by atoms with Crippen LogP contribution >= 0.6 is 11.3 Å². The first-order valence-corrected chi connectivity index (χ1v) is 9.62. The smallest absolute Gasteiger partial charge is 0.289 e. The zero-order chi connectivity index (χ0) is 18.8. The molecule has 0 bridgehead atoms. The highest BCUT2D eigenvalue weighted by atomic mass is 32.1. The molecule has 1 aromatic carbocycles. The molecule has 0 radical (unpaired) electrons. The molecule has 140 valence electrons. The lowest BCUT2D eigenvalue weighted by molar-refractivity contribution is -0.117. The first-order chi connectivity index (χ1) is 13.1. The van der Waals surface area contributed by atoms with Gasteiger partial charge in [0, 0.05) is 26.2 Å². The molecule has 0 saturated carbocycles. The second-order valence-electron chi connectivity index (χ2n) is 6.58. The lowest BCUT2D eigenvalue weighted by atomic mass is 10.2. The third kappa shape index (κ3) is 4.01. The van der Waals surface area contributed by atoms with Gasteiger partial charge in [-0.2, -0.15) is 0 Å². The highest BCUT2D eigenvalue weighted by molar-refractivity contribution is 7.22. The highest BCUT2D eigenvalue weighted by Gasteiger charge is 2.24. The molecule has 8 heteroatoms. The second-order valence-corrected chi connectivity index (χ2v) is 7.61. The number of piperazine rings is 1. The van der Waals surface area contributed by atoms with E-state index in [2.05, 4.69) is 16.4 Å². The number of fused-ring (bicyclic) bond motifs is 1. The number of carbonyl (C=O) groups excluding carboxylic acids is 2. The number of furan rings is 1. The molecule has 2 amide bonds. The largest absolute Gasteiger partial charge is 0.459 e. The van der Waals surface area contributed by atoms with Gasteiger partial charge in [-0.1, -0.05) is 17.4 Å². The van der Waals surface area contributed by atoms with Crippen molar-refractivity contribution >= 4 is 38.5 Å². The molecular formula is C19H20N4O3S. The minimum atomic E-state index is -0.103. The minimum Gasteiger partial charge on any atom is -0.459 e. The molecule has 0 unspecified atom stereocenters. The number of rotatable bonds is 4. The third-order valence-electron chi connectivity index (χ3n) is 4.55. The fourth-order valence-electron chi connectivity index (χ4n) is 3.11. The number of carbonyl (C=O) groups is 2. The van der Waals surface area contributed by atoms with Gasteiger partial charge in [-0.15, -0.1) is 0 Å². The molecule has 0 atom stereocenters. The Morgan fingerprint density at radius 3 is 2.78 bits per heavy atom. The van der Waals surface area contributed by atoms with Crippen molar-refractivity contribution in [2.75, 3.05) is 38.0 Å². The fraction of sp³-hybridized carbons (Fsp3) is 0.316. The Morgan fingerprint density at radius 1 is 1.22 bits per heavy atom. The first kappa shape index (κ1) is 17.7. The maximum Gasteiger partial charge on any atom is 0.289 e. The molecule has 0 aliphatic carbocycles. The van der Waals surface area contributed by atoms with E-state index in [1.54, 1.807) is 17.0 Å². The predicted octanol–water partition coefficient (Wildman–Crippen LogP) is 2.59. The van der Waals surface area contributed by atoms with E-state index in [4.69, 9.17) is 4.42 Å². The van der Waals surface area contributed by atoms with Crippen molar-refractivity contribution in [3.8, 4) is 0 Å². The van der Waals surface area contributed by atoms with Crippen LogP contribution in [0.5, 0.6) is 0 Å². The molecule has 2 aromatic heterocycles. The molecule has 1 N–H and O–H groups in total. The number of hydrogen-bond donors (Lipinski definition) is 1. The van der Waals surface area contributed by atoms with Crippen LogP contribution in [0.1, 0.15) is 16.1 Å². The maximum atomic E-state index is 12.3. The van der Waals surface area contributed by atoms with Crippen LogP contribution in [0.3, 0.4) is 0 Å². The average Bonchev–Trinajstić information content (AvgIpc) is 3.30. The van der Waals surface area contributed by atoms with Crippen LogP contribution in [-0.4, -0.2) is 59.3 Å². The summed E-state index contributed by atoms with van der Waals surface area (Å²) in [5, 5.41) is 3.50. The average molecular weight is 384 g/mol. The first-order valence-electron chi connectivity index (χ1n) is 8.81. The summed E-state index contributed by atoms with van der Waals surface area (Å²) in [6.07, 6.45) is 1.50. The van der Waals surface area contributed by atoms with E-state index >= 15 is 0 Å².